The first-order chi connectivity index (χ1) is 12.5. The van der Waals surface area contributed by atoms with Crippen LogP contribution in [0.25, 0.3) is 0 Å². The van der Waals surface area contributed by atoms with E-state index in [1.54, 1.807) is 4.90 Å². The molecule has 1 aliphatic rings. The van der Waals surface area contributed by atoms with Crippen LogP contribution >= 0.6 is 11.6 Å². The SMILES string of the molecule is O=C(Nc1ccc(C(=O)N2CCCCC2)c(Cl)c1)c1cc(F)ccc1F. The highest BCUT2D eigenvalue weighted by molar-refractivity contribution is 6.34. The van der Waals surface area contributed by atoms with E-state index >= 15 is 0 Å². The van der Waals surface area contributed by atoms with E-state index in [2.05, 4.69) is 5.32 Å². The molecule has 3 rings (SSSR count). The Kier molecular flexibility index (Phi) is 5.52. The lowest BCUT2D eigenvalue weighted by Crippen LogP contribution is -2.35. The van der Waals surface area contributed by atoms with Crippen LogP contribution in [0.5, 0.6) is 0 Å². The molecule has 7 heteroatoms. The van der Waals surface area contributed by atoms with E-state index in [1.165, 1.54) is 18.2 Å². The van der Waals surface area contributed by atoms with Crippen molar-refractivity contribution in [2.75, 3.05) is 18.4 Å². The van der Waals surface area contributed by atoms with Gasteiger partial charge in [0.15, 0.2) is 0 Å². The second-order valence-corrected chi connectivity index (χ2v) is 6.53. The van der Waals surface area contributed by atoms with Crippen molar-refractivity contribution in [1.29, 1.82) is 0 Å². The smallest absolute Gasteiger partial charge is 0.258 e. The molecule has 0 spiro atoms. The number of hydrogen-bond acceptors (Lipinski definition) is 2. The normalized spacial score (nSPS) is 14.2. The molecule has 1 aliphatic heterocycles. The molecule has 1 N–H and O–H groups in total. The van der Waals surface area contributed by atoms with E-state index in [1.807, 2.05) is 0 Å². The summed E-state index contributed by atoms with van der Waals surface area (Å²) in [5, 5.41) is 2.65. The van der Waals surface area contributed by atoms with Gasteiger partial charge < -0.3 is 10.2 Å². The first-order valence-corrected chi connectivity index (χ1v) is 8.69. The van der Waals surface area contributed by atoms with Gasteiger partial charge in [0, 0.05) is 18.8 Å². The third kappa shape index (κ3) is 4.02. The number of carbonyl (C=O) groups is 2. The van der Waals surface area contributed by atoms with Crippen molar-refractivity contribution in [1.82, 2.24) is 4.90 Å². The largest absolute Gasteiger partial charge is 0.339 e. The average molecular weight is 379 g/mol. The molecule has 136 valence electrons. The second-order valence-electron chi connectivity index (χ2n) is 6.13. The third-order valence-electron chi connectivity index (χ3n) is 4.27. The summed E-state index contributed by atoms with van der Waals surface area (Å²) in [6.07, 6.45) is 3.05. The molecular formula is C19H17ClF2N2O2. The topological polar surface area (TPSA) is 49.4 Å². The maximum Gasteiger partial charge on any atom is 0.258 e. The van der Waals surface area contributed by atoms with Gasteiger partial charge in [0.2, 0.25) is 0 Å². The second kappa shape index (κ2) is 7.83. The summed E-state index contributed by atoms with van der Waals surface area (Å²) in [4.78, 5) is 26.4. The minimum atomic E-state index is -0.827. The summed E-state index contributed by atoms with van der Waals surface area (Å²) in [5.74, 6) is -2.49. The molecule has 0 bridgehead atoms. The van der Waals surface area contributed by atoms with Crippen LogP contribution in [0.2, 0.25) is 5.02 Å². The van der Waals surface area contributed by atoms with E-state index in [-0.39, 0.29) is 10.9 Å². The number of amides is 2. The van der Waals surface area contributed by atoms with E-state index in [0.717, 1.165) is 37.5 Å². The summed E-state index contributed by atoms with van der Waals surface area (Å²) in [5.41, 5.74) is 0.233. The molecule has 2 amide bonds. The Morgan fingerprint density at radius 1 is 0.962 bits per heavy atom. The van der Waals surface area contributed by atoms with Crippen molar-refractivity contribution in [2.45, 2.75) is 19.3 Å². The molecule has 2 aromatic rings. The zero-order valence-corrected chi connectivity index (χ0v) is 14.7. The molecule has 0 saturated carbocycles. The van der Waals surface area contributed by atoms with Gasteiger partial charge in [-0.2, -0.15) is 0 Å². The number of rotatable bonds is 3. The fourth-order valence-electron chi connectivity index (χ4n) is 2.90. The minimum absolute atomic E-state index is 0.149. The standard InChI is InChI=1S/C19H17ClF2N2O2/c20-16-11-13(23-18(25)15-10-12(21)4-7-17(15)22)5-6-14(16)19(26)24-8-2-1-3-9-24/h4-7,10-11H,1-3,8-9H2,(H,23,25). The van der Waals surface area contributed by atoms with Gasteiger partial charge in [-0.1, -0.05) is 11.6 Å². The highest BCUT2D eigenvalue weighted by Gasteiger charge is 2.21. The van der Waals surface area contributed by atoms with Gasteiger partial charge in [-0.25, -0.2) is 8.78 Å². The number of piperidine rings is 1. The number of halogens is 3. The molecule has 2 aromatic carbocycles. The van der Waals surface area contributed by atoms with Crippen molar-refractivity contribution in [3.63, 3.8) is 0 Å². The van der Waals surface area contributed by atoms with E-state index in [4.69, 9.17) is 11.6 Å². The van der Waals surface area contributed by atoms with Gasteiger partial charge in [0.1, 0.15) is 11.6 Å². The molecule has 26 heavy (non-hydrogen) atoms. The van der Waals surface area contributed by atoms with Crippen LogP contribution in [0.1, 0.15) is 40.0 Å². The quantitative estimate of drug-likeness (QED) is 0.855. The molecule has 0 aromatic heterocycles. The number of nitrogens with zero attached hydrogens (tertiary/aromatic N) is 1. The Labute approximate surface area is 154 Å². The molecule has 0 unspecified atom stereocenters. The van der Waals surface area contributed by atoms with Crippen LogP contribution in [-0.4, -0.2) is 29.8 Å². The Morgan fingerprint density at radius 3 is 2.38 bits per heavy atom. The van der Waals surface area contributed by atoms with Gasteiger partial charge in [0.25, 0.3) is 11.8 Å². The lowest BCUT2D eigenvalue weighted by atomic mass is 10.1. The lowest BCUT2D eigenvalue weighted by molar-refractivity contribution is 0.0724. The predicted octanol–water partition coefficient (Wildman–Crippen LogP) is 4.50. The van der Waals surface area contributed by atoms with E-state index in [0.29, 0.717) is 24.3 Å². The van der Waals surface area contributed by atoms with Gasteiger partial charge >= 0.3 is 0 Å². The fraction of sp³-hybridized carbons (Fsp3) is 0.263. The monoisotopic (exact) mass is 378 g/mol. The Morgan fingerprint density at radius 2 is 1.69 bits per heavy atom. The zero-order valence-electron chi connectivity index (χ0n) is 13.9. The van der Waals surface area contributed by atoms with Crippen molar-refractivity contribution in [3.8, 4) is 0 Å². The summed E-state index contributed by atoms with van der Waals surface area (Å²) < 4.78 is 26.9. The molecule has 0 aliphatic carbocycles. The van der Waals surface area contributed by atoms with Crippen molar-refractivity contribution in [2.24, 2.45) is 0 Å². The van der Waals surface area contributed by atoms with Crippen LogP contribution in [0.3, 0.4) is 0 Å². The van der Waals surface area contributed by atoms with Crippen molar-refractivity contribution in [3.05, 3.63) is 64.2 Å². The summed E-state index contributed by atoms with van der Waals surface area (Å²) in [6, 6.07) is 7.10. The molecule has 0 atom stereocenters. The molecule has 0 radical (unpaired) electrons. The molecular weight excluding hydrogens is 362 g/mol. The Bertz CT molecular complexity index is 851. The third-order valence-corrected chi connectivity index (χ3v) is 4.59. The minimum Gasteiger partial charge on any atom is -0.339 e. The number of nitrogens with one attached hydrogen (secondary N) is 1. The summed E-state index contributed by atoms with van der Waals surface area (Å²) in [7, 11) is 0. The number of likely N-dealkylation sites (tertiary alicyclic amines) is 1. The summed E-state index contributed by atoms with van der Waals surface area (Å²) >= 11 is 6.20. The van der Waals surface area contributed by atoms with Crippen molar-refractivity contribution < 1.29 is 18.4 Å². The van der Waals surface area contributed by atoms with Gasteiger partial charge in [-0.15, -0.1) is 0 Å². The number of carbonyl (C=O) groups excluding carboxylic acids is 2. The van der Waals surface area contributed by atoms with Gasteiger partial charge in [0.05, 0.1) is 16.1 Å². The number of benzene rings is 2. The van der Waals surface area contributed by atoms with Crippen molar-refractivity contribution >= 4 is 29.1 Å². The first-order valence-electron chi connectivity index (χ1n) is 8.31. The molecule has 4 nitrogen and oxygen atoms in total. The highest BCUT2D eigenvalue weighted by atomic mass is 35.5. The fourth-order valence-corrected chi connectivity index (χ4v) is 3.16. The van der Waals surface area contributed by atoms with Crippen LogP contribution in [0, 0.1) is 11.6 Å². The predicted molar refractivity (Wildman–Crippen MR) is 95.5 cm³/mol. The van der Waals surface area contributed by atoms with Gasteiger partial charge in [-0.3, -0.25) is 9.59 Å². The van der Waals surface area contributed by atoms with Gasteiger partial charge in [-0.05, 0) is 55.7 Å². The lowest BCUT2D eigenvalue weighted by Gasteiger charge is -2.27. The van der Waals surface area contributed by atoms with Crippen LogP contribution in [-0.2, 0) is 0 Å². The zero-order chi connectivity index (χ0) is 18.7. The first kappa shape index (κ1) is 18.3. The van der Waals surface area contributed by atoms with Crippen LogP contribution in [0.4, 0.5) is 14.5 Å². The molecule has 1 heterocycles. The summed E-state index contributed by atoms with van der Waals surface area (Å²) in [6.45, 7) is 1.40. The average Bonchev–Trinajstić information content (AvgIpc) is 2.64. The maximum atomic E-state index is 13.7. The van der Waals surface area contributed by atoms with E-state index in [9.17, 15) is 18.4 Å². The number of hydrogen-bond donors (Lipinski definition) is 1. The number of anilines is 1. The van der Waals surface area contributed by atoms with Crippen LogP contribution in [0.15, 0.2) is 36.4 Å². The molecule has 1 saturated heterocycles. The van der Waals surface area contributed by atoms with Crippen LogP contribution < -0.4 is 5.32 Å². The maximum absolute atomic E-state index is 13.7. The Hall–Kier alpha value is -2.47. The molecule has 1 fully saturated rings. The highest BCUT2D eigenvalue weighted by Crippen LogP contribution is 2.24. The van der Waals surface area contributed by atoms with E-state index < -0.39 is 23.1 Å². The Balaban J connectivity index is 1.76.